The number of hydrogen-bond donors (Lipinski definition) is 0. The summed E-state index contributed by atoms with van der Waals surface area (Å²) < 4.78 is 0. The summed E-state index contributed by atoms with van der Waals surface area (Å²) >= 11 is 0. The molecule has 0 atom stereocenters. The highest BCUT2D eigenvalue weighted by Gasteiger charge is 2.35. The molecule has 0 aliphatic carbocycles. The summed E-state index contributed by atoms with van der Waals surface area (Å²) in [5.41, 5.74) is 2.35. The number of para-hydroxylation sites is 1. The molecule has 0 spiro atoms. The van der Waals surface area contributed by atoms with Crippen molar-refractivity contribution < 1.29 is 4.79 Å². The van der Waals surface area contributed by atoms with Gasteiger partial charge in [0, 0.05) is 13.1 Å². The molecule has 2 aliphatic rings. The van der Waals surface area contributed by atoms with E-state index in [-0.39, 0.29) is 5.91 Å². The van der Waals surface area contributed by atoms with Gasteiger partial charge in [0.05, 0.1) is 5.69 Å². The van der Waals surface area contributed by atoms with Crippen molar-refractivity contribution >= 4 is 23.6 Å². The third-order valence-corrected chi connectivity index (χ3v) is 4.60. The van der Waals surface area contributed by atoms with Gasteiger partial charge in [0.1, 0.15) is 5.70 Å². The number of anilines is 1. The van der Waals surface area contributed by atoms with E-state index in [1.807, 2.05) is 66.7 Å². The second-order valence-electron chi connectivity index (χ2n) is 6.38. The topological polar surface area (TPSA) is 35.9 Å². The predicted molar refractivity (Wildman–Crippen MR) is 101 cm³/mol. The van der Waals surface area contributed by atoms with Crippen LogP contribution >= 0.6 is 0 Å². The molecule has 1 saturated heterocycles. The van der Waals surface area contributed by atoms with Crippen LogP contribution < -0.4 is 4.90 Å². The van der Waals surface area contributed by atoms with Crippen LogP contribution in [0.15, 0.2) is 71.4 Å². The molecule has 25 heavy (non-hydrogen) atoms. The van der Waals surface area contributed by atoms with Crippen LogP contribution in [0.4, 0.5) is 5.69 Å². The summed E-state index contributed by atoms with van der Waals surface area (Å²) in [4.78, 5) is 21.8. The minimum atomic E-state index is -0.0596. The van der Waals surface area contributed by atoms with Gasteiger partial charge < -0.3 is 4.90 Å². The number of likely N-dealkylation sites (tertiary alicyclic amines) is 1. The highest BCUT2D eigenvalue weighted by atomic mass is 16.2. The second-order valence-corrected chi connectivity index (χ2v) is 6.38. The highest BCUT2D eigenvalue weighted by Crippen LogP contribution is 2.27. The van der Waals surface area contributed by atoms with Crippen molar-refractivity contribution in [2.75, 3.05) is 18.0 Å². The standard InChI is InChI=1S/C21H21N3O/c25-20-19(16-17-10-4-1-5-11-17)22-21(23-14-8-3-9-15-23)24(20)18-12-6-2-7-13-18/h1-2,4-7,10-13,16H,3,8-9,14-15H2. The van der Waals surface area contributed by atoms with E-state index in [9.17, 15) is 4.79 Å². The lowest BCUT2D eigenvalue weighted by atomic mass is 10.1. The number of nitrogens with zero attached hydrogens (tertiary/aromatic N) is 3. The SMILES string of the molecule is O=C1C(=Cc2ccccc2)N=C(N2CCCCC2)N1c1ccccc1. The van der Waals surface area contributed by atoms with E-state index >= 15 is 0 Å². The first kappa shape index (κ1) is 15.6. The Balaban J connectivity index is 1.74. The molecule has 2 aromatic carbocycles. The molecule has 0 N–H and O–H groups in total. The molecule has 126 valence electrons. The van der Waals surface area contributed by atoms with E-state index in [1.54, 1.807) is 4.90 Å². The molecule has 4 rings (SSSR count). The Hall–Kier alpha value is -2.88. The number of aliphatic imine (C=N–C) groups is 1. The van der Waals surface area contributed by atoms with Crippen LogP contribution in [0, 0.1) is 0 Å². The molecule has 1 fully saturated rings. The van der Waals surface area contributed by atoms with Crippen LogP contribution in [-0.2, 0) is 4.79 Å². The average Bonchev–Trinajstić information content (AvgIpc) is 3.00. The minimum absolute atomic E-state index is 0.0596. The number of rotatable bonds is 2. The summed E-state index contributed by atoms with van der Waals surface area (Å²) in [6, 6.07) is 19.7. The number of amides is 1. The molecule has 4 heteroatoms. The van der Waals surface area contributed by atoms with Gasteiger partial charge in [0.15, 0.2) is 0 Å². The fourth-order valence-electron chi connectivity index (χ4n) is 3.33. The van der Waals surface area contributed by atoms with Gasteiger partial charge in [0.25, 0.3) is 5.91 Å². The quantitative estimate of drug-likeness (QED) is 0.782. The summed E-state index contributed by atoms with van der Waals surface area (Å²) in [5, 5.41) is 0. The number of benzene rings is 2. The van der Waals surface area contributed by atoms with E-state index in [4.69, 9.17) is 4.99 Å². The van der Waals surface area contributed by atoms with Gasteiger partial charge in [-0.25, -0.2) is 9.89 Å². The summed E-state index contributed by atoms with van der Waals surface area (Å²) in [7, 11) is 0. The number of carbonyl (C=O) groups excluding carboxylic acids is 1. The maximum atomic E-state index is 13.1. The van der Waals surface area contributed by atoms with Crippen molar-refractivity contribution in [3.05, 3.63) is 71.9 Å². The maximum absolute atomic E-state index is 13.1. The lowest BCUT2D eigenvalue weighted by molar-refractivity contribution is -0.113. The minimum Gasteiger partial charge on any atom is -0.342 e. The van der Waals surface area contributed by atoms with E-state index in [2.05, 4.69) is 4.90 Å². The number of piperidine rings is 1. The first-order chi connectivity index (χ1) is 12.3. The van der Waals surface area contributed by atoms with Crippen molar-refractivity contribution in [2.24, 2.45) is 4.99 Å². The summed E-state index contributed by atoms with van der Waals surface area (Å²) in [6.45, 7) is 1.90. The smallest absolute Gasteiger partial charge is 0.283 e. The normalized spacial score (nSPS) is 19.4. The Morgan fingerprint density at radius 2 is 1.48 bits per heavy atom. The van der Waals surface area contributed by atoms with Crippen LogP contribution in [0.25, 0.3) is 6.08 Å². The van der Waals surface area contributed by atoms with Gasteiger partial charge in [-0.1, -0.05) is 48.5 Å². The molecular weight excluding hydrogens is 310 g/mol. The van der Waals surface area contributed by atoms with Crippen molar-refractivity contribution in [1.29, 1.82) is 0 Å². The second kappa shape index (κ2) is 6.93. The monoisotopic (exact) mass is 331 g/mol. The maximum Gasteiger partial charge on any atom is 0.283 e. The molecule has 0 aromatic heterocycles. The van der Waals surface area contributed by atoms with Gasteiger partial charge in [-0.2, -0.15) is 0 Å². The zero-order chi connectivity index (χ0) is 17.1. The Kier molecular flexibility index (Phi) is 4.34. The van der Waals surface area contributed by atoms with E-state index in [0.717, 1.165) is 43.1 Å². The van der Waals surface area contributed by atoms with Crippen LogP contribution in [0.5, 0.6) is 0 Å². The molecule has 0 unspecified atom stereocenters. The van der Waals surface area contributed by atoms with Gasteiger partial charge in [0.2, 0.25) is 5.96 Å². The number of hydrogen-bond acceptors (Lipinski definition) is 3. The molecule has 2 aliphatic heterocycles. The van der Waals surface area contributed by atoms with Crippen molar-refractivity contribution in [1.82, 2.24) is 4.90 Å². The van der Waals surface area contributed by atoms with E-state index in [0.29, 0.717) is 5.70 Å². The fourth-order valence-corrected chi connectivity index (χ4v) is 3.33. The zero-order valence-electron chi connectivity index (χ0n) is 14.1. The molecule has 1 amide bonds. The predicted octanol–water partition coefficient (Wildman–Crippen LogP) is 3.92. The third kappa shape index (κ3) is 3.20. The number of carbonyl (C=O) groups is 1. The zero-order valence-corrected chi connectivity index (χ0v) is 14.1. The van der Waals surface area contributed by atoms with Gasteiger partial charge in [-0.3, -0.25) is 4.79 Å². The summed E-state index contributed by atoms with van der Waals surface area (Å²) in [6.07, 6.45) is 5.41. The largest absolute Gasteiger partial charge is 0.342 e. The summed E-state index contributed by atoms with van der Waals surface area (Å²) in [5.74, 6) is 0.703. The van der Waals surface area contributed by atoms with E-state index in [1.165, 1.54) is 6.42 Å². The van der Waals surface area contributed by atoms with Crippen LogP contribution in [0.2, 0.25) is 0 Å². The molecule has 0 radical (unpaired) electrons. The van der Waals surface area contributed by atoms with Crippen LogP contribution in [-0.4, -0.2) is 29.9 Å². The van der Waals surface area contributed by atoms with Gasteiger partial charge in [-0.15, -0.1) is 0 Å². The Morgan fingerprint density at radius 3 is 2.16 bits per heavy atom. The molecule has 4 nitrogen and oxygen atoms in total. The molecular formula is C21H21N3O. The molecule has 2 aromatic rings. The third-order valence-electron chi connectivity index (χ3n) is 4.60. The van der Waals surface area contributed by atoms with Crippen molar-refractivity contribution in [3.8, 4) is 0 Å². The molecule has 0 bridgehead atoms. The Morgan fingerprint density at radius 1 is 0.840 bits per heavy atom. The Bertz CT molecular complexity index is 806. The van der Waals surface area contributed by atoms with Crippen molar-refractivity contribution in [2.45, 2.75) is 19.3 Å². The molecule has 2 heterocycles. The first-order valence-corrected chi connectivity index (χ1v) is 8.83. The average molecular weight is 331 g/mol. The Labute approximate surface area is 148 Å². The van der Waals surface area contributed by atoms with Gasteiger partial charge >= 0.3 is 0 Å². The highest BCUT2D eigenvalue weighted by molar-refractivity contribution is 6.28. The van der Waals surface area contributed by atoms with Crippen LogP contribution in [0.1, 0.15) is 24.8 Å². The lowest BCUT2D eigenvalue weighted by Gasteiger charge is -2.32. The van der Waals surface area contributed by atoms with E-state index < -0.39 is 0 Å². The fraction of sp³-hybridized carbons (Fsp3) is 0.238. The number of guanidine groups is 1. The van der Waals surface area contributed by atoms with Crippen molar-refractivity contribution in [3.63, 3.8) is 0 Å². The lowest BCUT2D eigenvalue weighted by Crippen LogP contribution is -2.46. The van der Waals surface area contributed by atoms with Gasteiger partial charge in [-0.05, 0) is 43.0 Å². The first-order valence-electron chi connectivity index (χ1n) is 8.83. The molecule has 0 saturated carbocycles. The van der Waals surface area contributed by atoms with Crippen LogP contribution in [0.3, 0.4) is 0 Å².